The lowest BCUT2D eigenvalue weighted by atomic mass is 9.98. The second kappa shape index (κ2) is 8.76. The third-order valence-corrected chi connectivity index (χ3v) is 6.12. The first-order chi connectivity index (χ1) is 13.7. The fourth-order valence-electron chi connectivity index (χ4n) is 3.81. The number of aromatic nitrogens is 1. The topological polar surface area (TPSA) is 48.1 Å². The van der Waals surface area contributed by atoms with Crippen molar-refractivity contribution in [2.45, 2.75) is 32.6 Å². The van der Waals surface area contributed by atoms with E-state index in [1.165, 1.54) is 53.7 Å². The van der Waals surface area contributed by atoms with Crippen molar-refractivity contribution in [2.24, 2.45) is 0 Å². The minimum absolute atomic E-state index is 0.0581. The number of aromatic amines is 1. The predicted molar refractivity (Wildman–Crippen MR) is 119 cm³/mol. The number of hydrogen-bond acceptors (Lipinski definition) is 3. The first-order valence-corrected chi connectivity index (χ1v) is 11.1. The van der Waals surface area contributed by atoms with E-state index in [-0.39, 0.29) is 5.91 Å². The molecule has 0 saturated carbocycles. The molecule has 146 valence electrons. The summed E-state index contributed by atoms with van der Waals surface area (Å²) in [5.41, 5.74) is 5.31. The molecule has 3 aromatic rings. The van der Waals surface area contributed by atoms with Crippen LogP contribution in [0.25, 0.3) is 16.5 Å². The van der Waals surface area contributed by atoms with Crippen LogP contribution in [0.3, 0.4) is 0 Å². The highest BCUT2D eigenvalue weighted by Crippen LogP contribution is 2.31. The van der Waals surface area contributed by atoms with Crippen LogP contribution in [0.2, 0.25) is 0 Å². The quantitative estimate of drug-likeness (QED) is 0.501. The first-order valence-electron chi connectivity index (χ1n) is 10.1. The summed E-state index contributed by atoms with van der Waals surface area (Å²) in [6, 6.07) is 7.93. The number of nitrogens with zero attached hydrogens (tertiary/aromatic N) is 1. The molecule has 5 heteroatoms. The molecule has 0 saturated heterocycles. The molecule has 28 heavy (non-hydrogen) atoms. The maximum atomic E-state index is 12.4. The van der Waals surface area contributed by atoms with E-state index in [2.05, 4.69) is 40.5 Å². The molecule has 0 atom stereocenters. The molecule has 1 aliphatic rings. The standard InChI is InChI=1S/C23H27N3OS/c1-2-3-4-10-26-11-7-17(8-12-26)21-15-24-22-6-5-19(14-20(21)22)25-23(27)18-9-13-28-16-18/h5-7,9,13-16,24H,2-4,8,10-12H2,1H3,(H,25,27). The number of rotatable bonds is 7. The SMILES string of the molecule is CCCCCN1CC=C(c2c[nH]c3ccc(NC(=O)c4ccsc4)cc23)CC1. The number of hydrogen-bond donors (Lipinski definition) is 2. The minimum Gasteiger partial charge on any atom is -0.361 e. The van der Waals surface area contributed by atoms with Crippen LogP contribution in [0.15, 0.2) is 47.3 Å². The van der Waals surface area contributed by atoms with Gasteiger partial charge in [0.05, 0.1) is 5.56 Å². The summed E-state index contributed by atoms with van der Waals surface area (Å²) in [4.78, 5) is 18.3. The number of thiophene rings is 1. The van der Waals surface area contributed by atoms with Crippen LogP contribution in [0.1, 0.15) is 48.5 Å². The molecule has 2 aromatic heterocycles. The molecule has 4 nitrogen and oxygen atoms in total. The number of benzene rings is 1. The largest absolute Gasteiger partial charge is 0.361 e. The van der Waals surface area contributed by atoms with Gasteiger partial charge in [0.2, 0.25) is 0 Å². The van der Waals surface area contributed by atoms with Crippen molar-refractivity contribution in [1.29, 1.82) is 0 Å². The van der Waals surface area contributed by atoms with Crippen LogP contribution in [-0.4, -0.2) is 35.4 Å². The summed E-state index contributed by atoms with van der Waals surface area (Å²) < 4.78 is 0. The molecule has 0 radical (unpaired) electrons. The van der Waals surface area contributed by atoms with Gasteiger partial charge in [-0.3, -0.25) is 9.69 Å². The van der Waals surface area contributed by atoms with Gasteiger partial charge < -0.3 is 10.3 Å². The fourth-order valence-corrected chi connectivity index (χ4v) is 4.44. The Hall–Kier alpha value is -2.37. The molecule has 0 spiro atoms. The lowest BCUT2D eigenvalue weighted by Crippen LogP contribution is -2.29. The van der Waals surface area contributed by atoms with Gasteiger partial charge >= 0.3 is 0 Å². The van der Waals surface area contributed by atoms with Gasteiger partial charge in [-0.25, -0.2) is 0 Å². The molecule has 2 N–H and O–H groups in total. The zero-order valence-corrected chi connectivity index (χ0v) is 17.1. The second-order valence-electron chi connectivity index (χ2n) is 7.42. The number of amides is 1. The van der Waals surface area contributed by atoms with Crippen molar-refractivity contribution in [3.05, 3.63) is 58.4 Å². The molecule has 1 aliphatic heterocycles. The smallest absolute Gasteiger partial charge is 0.256 e. The second-order valence-corrected chi connectivity index (χ2v) is 8.20. The summed E-state index contributed by atoms with van der Waals surface area (Å²) in [5, 5.41) is 7.98. The number of unbranched alkanes of at least 4 members (excludes halogenated alkanes) is 2. The Kier molecular flexibility index (Phi) is 5.93. The molecule has 3 heterocycles. The lowest BCUT2D eigenvalue weighted by Gasteiger charge is -2.26. The maximum absolute atomic E-state index is 12.4. The Morgan fingerprint density at radius 2 is 2.21 bits per heavy atom. The highest BCUT2D eigenvalue weighted by molar-refractivity contribution is 7.08. The van der Waals surface area contributed by atoms with Crippen LogP contribution in [0.5, 0.6) is 0 Å². The summed E-state index contributed by atoms with van der Waals surface area (Å²) in [6.07, 6.45) is 9.43. The monoisotopic (exact) mass is 393 g/mol. The highest BCUT2D eigenvalue weighted by atomic mass is 32.1. The zero-order chi connectivity index (χ0) is 19.3. The normalized spacial score (nSPS) is 15.0. The van der Waals surface area contributed by atoms with E-state index in [4.69, 9.17) is 0 Å². The maximum Gasteiger partial charge on any atom is 0.256 e. The van der Waals surface area contributed by atoms with E-state index in [1.807, 2.05) is 29.0 Å². The summed E-state index contributed by atoms with van der Waals surface area (Å²) >= 11 is 1.53. The van der Waals surface area contributed by atoms with Gasteiger partial charge in [-0.05, 0) is 54.6 Å². The molecule has 1 amide bonds. The van der Waals surface area contributed by atoms with Gasteiger partial charge in [0, 0.05) is 46.8 Å². The van der Waals surface area contributed by atoms with E-state index in [0.717, 1.165) is 30.7 Å². The average Bonchev–Trinajstić information content (AvgIpc) is 3.39. The summed E-state index contributed by atoms with van der Waals surface area (Å²) in [5.74, 6) is -0.0581. The Bertz CT molecular complexity index is 971. The van der Waals surface area contributed by atoms with Crippen LogP contribution < -0.4 is 5.32 Å². The van der Waals surface area contributed by atoms with E-state index in [1.54, 1.807) is 0 Å². The van der Waals surface area contributed by atoms with Gasteiger partial charge in [-0.2, -0.15) is 11.3 Å². The summed E-state index contributed by atoms with van der Waals surface area (Å²) in [6.45, 7) is 5.60. The Balaban J connectivity index is 1.50. The number of anilines is 1. The number of fused-ring (bicyclic) bond motifs is 1. The van der Waals surface area contributed by atoms with Crippen LogP contribution in [-0.2, 0) is 0 Å². The van der Waals surface area contributed by atoms with Crippen LogP contribution in [0, 0.1) is 0 Å². The molecule has 4 rings (SSSR count). The van der Waals surface area contributed by atoms with E-state index < -0.39 is 0 Å². The average molecular weight is 394 g/mol. The van der Waals surface area contributed by atoms with Gasteiger partial charge in [0.25, 0.3) is 5.91 Å². The molecular weight excluding hydrogens is 366 g/mol. The van der Waals surface area contributed by atoms with E-state index >= 15 is 0 Å². The molecule has 0 aliphatic carbocycles. The number of H-pyrrole nitrogens is 1. The van der Waals surface area contributed by atoms with E-state index in [9.17, 15) is 4.79 Å². The molecule has 0 bridgehead atoms. The summed E-state index contributed by atoms with van der Waals surface area (Å²) in [7, 11) is 0. The van der Waals surface area contributed by atoms with Crippen molar-refractivity contribution in [2.75, 3.05) is 25.0 Å². The third kappa shape index (κ3) is 4.21. The predicted octanol–water partition coefficient (Wildman–Crippen LogP) is 5.76. The molecular formula is C23H27N3OS. The molecule has 1 aromatic carbocycles. The highest BCUT2D eigenvalue weighted by Gasteiger charge is 2.16. The van der Waals surface area contributed by atoms with Gasteiger partial charge in [-0.1, -0.05) is 25.8 Å². The Morgan fingerprint density at radius 1 is 1.29 bits per heavy atom. The van der Waals surface area contributed by atoms with Crippen molar-refractivity contribution >= 4 is 39.4 Å². The van der Waals surface area contributed by atoms with E-state index in [0.29, 0.717) is 5.56 Å². The Morgan fingerprint density at radius 3 is 2.96 bits per heavy atom. The van der Waals surface area contributed by atoms with Gasteiger partial charge in [0.1, 0.15) is 0 Å². The van der Waals surface area contributed by atoms with Crippen molar-refractivity contribution < 1.29 is 4.79 Å². The van der Waals surface area contributed by atoms with Gasteiger partial charge in [0.15, 0.2) is 0 Å². The number of nitrogens with one attached hydrogen (secondary N) is 2. The van der Waals surface area contributed by atoms with Crippen molar-refractivity contribution in [3.63, 3.8) is 0 Å². The fraction of sp³-hybridized carbons (Fsp3) is 0.348. The minimum atomic E-state index is -0.0581. The molecule has 0 unspecified atom stereocenters. The number of carbonyl (C=O) groups is 1. The van der Waals surface area contributed by atoms with Crippen molar-refractivity contribution in [1.82, 2.24) is 9.88 Å². The Labute approximate surface area is 170 Å². The van der Waals surface area contributed by atoms with Crippen LogP contribution in [0.4, 0.5) is 5.69 Å². The zero-order valence-electron chi connectivity index (χ0n) is 16.3. The van der Waals surface area contributed by atoms with Crippen LogP contribution >= 0.6 is 11.3 Å². The lowest BCUT2D eigenvalue weighted by molar-refractivity contribution is 0.102. The molecule has 0 fully saturated rings. The first kappa shape index (κ1) is 19.0. The van der Waals surface area contributed by atoms with Gasteiger partial charge in [-0.15, -0.1) is 0 Å². The third-order valence-electron chi connectivity index (χ3n) is 5.44. The van der Waals surface area contributed by atoms with Crippen molar-refractivity contribution in [3.8, 4) is 0 Å². The number of carbonyl (C=O) groups excluding carboxylic acids is 1.